The molecule has 4 heteroatoms. The number of benzene rings is 2. The fourth-order valence-corrected chi connectivity index (χ4v) is 2.64. The van der Waals surface area contributed by atoms with E-state index in [2.05, 4.69) is 28.1 Å². The minimum absolute atomic E-state index is 0.816. The monoisotopic (exact) mass is 277 g/mol. The number of nitrogens with zero attached hydrogens (tertiary/aromatic N) is 2. The molecule has 0 atom stereocenters. The van der Waals surface area contributed by atoms with E-state index in [9.17, 15) is 0 Å². The van der Waals surface area contributed by atoms with Crippen molar-refractivity contribution in [1.29, 1.82) is 0 Å². The topological polar surface area (TPSA) is 54.7 Å². The Morgan fingerprint density at radius 3 is 2.90 bits per heavy atom. The van der Waals surface area contributed by atoms with E-state index in [0.717, 1.165) is 46.4 Å². The van der Waals surface area contributed by atoms with E-state index >= 15 is 0 Å². The SMILES string of the molecule is Cc1ccc2onc(CCc3nc4ccccc4[nH]3)c2c1. The lowest BCUT2D eigenvalue weighted by Crippen LogP contribution is -1.94. The van der Waals surface area contributed by atoms with Gasteiger partial charge in [0.2, 0.25) is 0 Å². The second-order valence-electron chi connectivity index (χ2n) is 5.33. The molecule has 0 unspecified atom stereocenters. The zero-order valence-corrected chi connectivity index (χ0v) is 11.8. The lowest BCUT2D eigenvalue weighted by Gasteiger charge is -1.96. The van der Waals surface area contributed by atoms with Crippen molar-refractivity contribution in [2.75, 3.05) is 0 Å². The number of imidazole rings is 1. The van der Waals surface area contributed by atoms with Crippen LogP contribution in [0, 0.1) is 6.92 Å². The Balaban J connectivity index is 1.61. The maximum absolute atomic E-state index is 5.37. The van der Waals surface area contributed by atoms with Crippen molar-refractivity contribution in [2.24, 2.45) is 0 Å². The molecule has 0 radical (unpaired) electrons. The van der Waals surface area contributed by atoms with Gasteiger partial charge in [-0.2, -0.15) is 0 Å². The van der Waals surface area contributed by atoms with Crippen molar-refractivity contribution in [2.45, 2.75) is 19.8 Å². The maximum Gasteiger partial charge on any atom is 0.167 e. The Morgan fingerprint density at radius 2 is 2.00 bits per heavy atom. The zero-order chi connectivity index (χ0) is 14.2. The summed E-state index contributed by atoms with van der Waals surface area (Å²) in [6, 6.07) is 14.2. The van der Waals surface area contributed by atoms with Gasteiger partial charge in [0.1, 0.15) is 5.82 Å². The van der Waals surface area contributed by atoms with E-state index in [1.54, 1.807) is 0 Å². The van der Waals surface area contributed by atoms with Crippen molar-refractivity contribution in [3.8, 4) is 0 Å². The number of aromatic nitrogens is 3. The van der Waals surface area contributed by atoms with Crippen LogP contribution < -0.4 is 0 Å². The van der Waals surface area contributed by atoms with E-state index in [4.69, 9.17) is 4.52 Å². The van der Waals surface area contributed by atoms with Gasteiger partial charge in [-0.3, -0.25) is 0 Å². The third-order valence-corrected chi connectivity index (χ3v) is 3.74. The summed E-state index contributed by atoms with van der Waals surface area (Å²) in [5.41, 5.74) is 5.15. The second kappa shape index (κ2) is 4.74. The smallest absolute Gasteiger partial charge is 0.167 e. The number of aromatic amines is 1. The van der Waals surface area contributed by atoms with Crippen LogP contribution in [0.2, 0.25) is 0 Å². The molecule has 104 valence electrons. The minimum atomic E-state index is 0.816. The lowest BCUT2D eigenvalue weighted by molar-refractivity contribution is 0.445. The molecule has 21 heavy (non-hydrogen) atoms. The van der Waals surface area contributed by atoms with Crippen molar-refractivity contribution in [3.05, 3.63) is 59.5 Å². The first-order chi connectivity index (χ1) is 10.3. The second-order valence-corrected chi connectivity index (χ2v) is 5.33. The maximum atomic E-state index is 5.37. The largest absolute Gasteiger partial charge is 0.356 e. The summed E-state index contributed by atoms with van der Waals surface area (Å²) in [6.45, 7) is 2.08. The highest BCUT2D eigenvalue weighted by Crippen LogP contribution is 2.21. The van der Waals surface area contributed by atoms with Gasteiger partial charge < -0.3 is 9.51 Å². The number of aryl methyl sites for hydroxylation is 3. The number of para-hydroxylation sites is 2. The average Bonchev–Trinajstić information content (AvgIpc) is 3.07. The highest BCUT2D eigenvalue weighted by atomic mass is 16.5. The van der Waals surface area contributed by atoms with Crippen LogP contribution in [0.4, 0.5) is 0 Å². The predicted molar refractivity (Wildman–Crippen MR) is 82.2 cm³/mol. The first-order valence-corrected chi connectivity index (χ1v) is 7.08. The van der Waals surface area contributed by atoms with E-state index < -0.39 is 0 Å². The van der Waals surface area contributed by atoms with Crippen LogP contribution >= 0.6 is 0 Å². The zero-order valence-electron chi connectivity index (χ0n) is 11.8. The molecule has 0 aliphatic heterocycles. The molecule has 0 saturated carbocycles. The average molecular weight is 277 g/mol. The first-order valence-electron chi connectivity index (χ1n) is 7.08. The molecule has 4 rings (SSSR count). The number of rotatable bonds is 3. The van der Waals surface area contributed by atoms with E-state index in [1.165, 1.54) is 5.56 Å². The molecular weight excluding hydrogens is 262 g/mol. The van der Waals surface area contributed by atoms with Gasteiger partial charge in [-0.15, -0.1) is 0 Å². The van der Waals surface area contributed by atoms with Gasteiger partial charge >= 0.3 is 0 Å². The van der Waals surface area contributed by atoms with Gasteiger partial charge in [0.05, 0.1) is 16.7 Å². The molecule has 4 aromatic rings. The number of nitrogens with one attached hydrogen (secondary N) is 1. The third kappa shape index (κ3) is 2.18. The van der Waals surface area contributed by atoms with Crippen molar-refractivity contribution < 1.29 is 4.52 Å². The molecule has 0 amide bonds. The lowest BCUT2D eigenvalue weighted by atomic mass is 10.1. The fourth-order valence-electron chi connectivity index (χ4n) is 2.64. The van der Waals surface area contributed by atoms with Gasteiger partial charge in [-0.05, 0) is 31.2 Å². The molecule has 2 aromatic carbocycles. The Kier molecular flexibility index (Phi) is 2.74. The highest BCUT2D eigenvalue weighted by Gasteiger charge is 2.10. The molecular formula is C17H15N3O. The van der Waals surface area contributed by atoms with Crippen LogP contribution in [0.5, 0.6) is 0 Å². The molecule has 2 heterocycles. The fraction of sp³-hybridized carbons (Fsp3) is 0.176. The van der Waals surface area contributed by atoms with Crippen LogP contribution in [-0.2, 0) is 12.8 Å². The van der Waals surface area contributed by atoms with Gasteiger partial charge in [0.15, 0.2) is 5.58 Å². The van der Waals surface area contributed by atoms with Crippen LogP contribution in [0.15, 0.2) is 47.0 Å². The summed E-state index contributed by atoms with van der Waals surface area (Å²) in [5, 5.41) is 5.29. The first kappa shape index (κ1) is 12.1. The molecule has 0 aliphatic carbocycles. The van der Waals surface area contributed by atoms with Gasteiger partial charge in [-0.1, -0.05) is 28.9 Å². The molecule has 0 bridgehead atoms. The van der Waals surface area contributed by atoms with Crippen molar-refractivity contribution in [3.63, 3.8) is 0 Å². The minimum Gasteiger partial charge on any atom is -0.356 e. The number of hydrogen-bond acceptors (Lipinski definition) is 3. The van der Waals surface area contributed by atoms with Gasteiger partial charge in [0, 0.05) is 18.2 Å². The summed E-state index contributed by atoms with van der Waals surface area (Å²) in [4.78, 5) is 7.94. The predicted octanol–water partition coefficient (Wildman–Crippen LogP) is 3.80. The van der Waals surface area contributed by atoms with Crippen LogP contribution in [0.1, 0.15) is 17.1 Å². The molecule has 0 aliphatic rings. The number of fused-ring (bicyclic) bond motifs is 2. The normalized spacial score (nSPS) is 11.5. The Hall–Kier alpha value is -2.62. The Bertz CT molecular complexity index is 887. The van der Waals surface area contributed by atoms with E-state index in [-0.39, 0.29) is 0 Å². The number of H-pyrrole nitrogens is 1. The highest BCUT2D eigenvalue weighted by molar-refractivity contribution is 5.80. The molecule has 0 spiro atoms. The van der Waals surface area contributed by atoms with Crippen molar-refractivity contribution in [1.82, 2.24) is 15.1 Å². The quantitative estimate of drug-likeness (QED) is 0.619. The molecule has 0 saturated heterocycles. The van der Waals surface area contributed by atoms with Crippen LogP contribution in [0.3, 0.4) is 0 Å². The molecule has 0 fully saturated rings. The molecule has 1 N–H and O–H groups in total. The van der Waals surface area contributed by atoms with Crippen molar-refractivity contribution >= 4 is 22.0 Å². The summed E-state index contributed by atoms with van der Waals surface area (Å²) >= 11 is 0. The third-order valence-electron chi connectivity index (χ3n) is 3.74. The summed E-state index contributed by atoms with van der Waals surface area (Å²) < 4.78 is 5.37. The standard InChI is InChI=1S/C17H15N3O/c1-11-6-8-16-12(10-11)13(20-21-16)7-9-17-18-14-4-2-3-5-15(14)19-17/h2-6,8,10H,7,9H2,1H3,(H,18,19). The summed E-state index contributed by atoms with van der Waals surface area (Å²) in [7, 11) is 0. The van der Waals surface area contributed by atoms with Gasteiger partial charge in [-0.25, -0.2) is 4.98 Å². The Morgan fingerprint density at radius 1 is 1.10 bits per heavy atom. The number of hydrogen-bond donors (Lipinski definition) is 1. The van der Waals surface area contributed by atoms with Gasteiger partial charge in [0.25, 0.3) is 0 Å². The summed E-state index contributed by atoms with van der Waals surface area (Å²) in [5.74, 6) is 0.986. The Labute approximate surface area is 121 Å². The summed E-state index contributed by atoms with van der Waals surface area (Å²) in [6.07, 6.45) is 1.64. The van der Waals surface area contributed by atoms with E-state index in [1.807, 2.05) is 36.4 Å². The molecule has 4 nitrogen and oxygen atoms in total. The van der Waals surface area contributed by atoms with Crippen LogP contribution in [0.25, 0.3) is 22.0 Å². The van der Waals surface area contributed by atoms with Crippen LogP contribution in [-0.4, -0.2) is 15.1 Å². The van der Waals surface area contributed by atoms with E-state index in [0.29, 0.717) is 0 Å². The molecule has 2 aromatic heterocycles.